The van der Waals surface area contributed by atoms with Gasteiger partial charge in [0, 0.05) is 11.6 Å². The van der Waals surface area contributed by atoms with Gasteiger partial charge < -0.3 is 14.0 Å². The van der Waals surface area contributed by atoms with Gasteiger partial charge in [0.2, 0.25) is 11.7 Å². The summed E-state index contributed by atoms with van der Waals surface area (Å²) in [5, 5.41) is 4.03. The van der Waals surface area contributed by atoms with Gasteiger partial charge in [-0.05, 0) is 61.3 Å². The zero-order chi connectivity index (χ0) is 19.5. The maximum Gasteiger partial charge on any atom is 0.241 e. The van der Waals surface area contributed by atoms with Crippen LogP contribution in [0.4, 0.5) is 4.39 Å². The third-order valence-electron chi connectivity index (χ3n) is 5.06. The molecule has 0 amide bonds. The lowest BCUT2D eigenvalue weighted by atomic mass is 10.0. The smallest absolute Gasteiger partial charge is 0.241 e. The third-order valence-corrected chi connectivity index (χ3v) is 5.06. The first-order chi connectivity index (χ1) is 13.7. The molecule has 1 atom stereocenters. The number of aromatic nitrogens is 2. The molecule has 146 valence electrons. The van der Waals surface area contributed by atoms with Crippen LogP contribution >= 0.6 is 0 Å². The molecule has 2 aromatic carbocycles. The number of rotatable bonds is 6. The van der Waals surface area contributed by atoms with E-state index in [0.717, 1.165) is 36.4 Å². The van der Waals surface area contributed by atoms with Crippen molar-refractivity contribution in [3.05, 3.63) is 59.7 Å². The molecule has 7 heteroatoms. The van der Waals surface area contributed by atoms with Crippen molar-refractivity contribution < 1.29 is 18.4 Å². The molecule has 1 aliphatic heterocycles. The normalized spacial score (nSPS) is 17.0. The molecule has 1 fully saturated rings. The third kappa shape index (κ3) is 3.71. The quantitative estimate of drug-likeness (QED) is 0.635. The molecule has 0 spiro atoms. The van der Waals surface area contributed by atoms with Gasteiger partial charge in [0.15, 0.2) is 11.5 Å². The van der Waals surface area contributed by atoms with Gasteiger partial charge in [-0.3, -0.25) is 4.90 Å². The highest BCUT2D eigenvalue weighted by Crippen LogP contribution is 2.37. The van der Waals surface area contributed by atoms with Crippen LogP contribution < -0.4 is 9.47 Å². The van der Waals surface area contributed by atoms with E-state index in [1.54, 1.807) is 26.4 Å². The van der Waals surface area contributed by atoms with Crippen LogP contribution in [0, 0.1) is 5.82 Å². The van der Waals surface area contributed by atoms with Gasteiger partial charge in [-0.25, -0.2) is 4.39 Å². The van der Waals surface area contributed by atoms with Crippen molar-refractivity contribution in [2.45, 2.75) is 25.4 Å². The van der Waals surface area contributed by atoms with Gasteiger partial charge in [0.1, 0.15) is 5.82 Å². The number of halogens is 1. The van der Waals surface area contributed by atoms with E-state index in [9.17, 15) is 4.39 Å². The van der Waals surface area contributed by atoms with Crippen LogP contribution in [0.3, 0.4) is 0 Å². The first-order valence-corrected chi connectivity index (χ1v) is 9.22. The van der Waals surface area contributed by atoms with Gasteiger partial charge in [-0.2, -0.15) is 4.98 Å². The van der Waals surface area contributed by atoms with Crippen LogP contribution in [0.2, 0.25) is 0 Å². The van der Waals surface area contributed by atoms with Gasteiger partial charge >= 0.3 is 0 Å². The fraction of sp³-hybridized carbons (Fsp3) is 0.333. The maximum absolute atomic E-state index is 13.1. The largest absolute Gasteiger partial charge is 0.493 e. The lowest BCUT2D eigenvalue weighted by Crippen LogP contribution is -2.23. The van der Waals surface area contributed by atoms with Crippen molar-refractivity contribution in [2.75, 3.05) is 20.8 Å². The Hall–Kier alpha value is -2.93. The molecule has 0 saturated carbocycles. The summed E-state index contributed by atoms with van der Waals surface area (Å²) >= 11 is 0. The highest BCUT2D eigenvalue weighted by Gasteiger charge is 2.28. The second-order valence-corrected chi connectivity index (χ2v) is 6.76. The lowest BCUT2D eigenvalue weighted by Gasteiger charge is -2.23. The molecule has 6 nitrogen and oxygen atoms in total. The maximum atomic E-state index is 13.1. The van der Waals surface area contributed by atoms with E-state index in [0.29, 0.717) is 18.3 Å². The van der Waals surface area contributed by atoms with Crippen molar-refractivity contribution in [2.24, 2.45) is 0 Å². The van der Waals surface area contributed by atoms with E-state index in [1.807, 2.05) is 12.1 Å². The minimum Gasteiger partial charge on any atom is -0.493 e. The van der Waals surface area contributed by atoms with Crippen LogP contribution in [0.15, 0.2) is 47.0 Å². The SMILES string of the molecule is COc1ccc([C@H]2CCCN2Cc2nc(-c3ccc(F)cc3)no2)cc1OC. The second-order valence-electron chi connectivity index (χ2n) is 6.76. The average molecular weight is 383 g/mol. The number of hydrogen-bond donors (Lipinski definition) is 0. The Morgan fingerprint density at radius 2 is 1.89 bits per heavy atom. The molecule has 0 aliphatic carbocycles. The number of benzene rings is 2. The minimum absolute atomic E-state index is 0.251. The molecule has 1 aliphatic rings. The first-order valence-electron chi connectivity index (χ1n) is 9.22. The topological polar surface area (TPSA) is 60.6 Å². The number of ether oxygens (including phenoxy) is 2. The number of methoxy groups -OCH3 is 2. The minimum atomic E-state index is -0.290. The van der Waals surface area contributed by atoms with E-state index in [4.69, 9.17) is 14.0 Å². The molecule has 2 heterocycles. The highest BCUT2D eigenvalue weighted by atomic mass is 19.1. The summed E-state index contributed by atoms with van der Waals surface area (Å²) in [7, 11) is 3.27. The highest BCUT2D eigenvalue weighted by molar-refractivity contribution is 5.53. The standard InChI is InChI=1S/C21H22FN3O3/c1-26-18-10-7-15(12-19(18)27-2)17-4-3-11-25(17)13-20-23-21(24-28-20)14-5-8-16(22)9-6-14/h5-10,12,17H,3-4,11,13H2,1-2H3/t17-/m1/s1. The van der Waals surface area contributed by atoms with Crippen LogP contribution in [-0.4, -0.2) is 35.8 Å². The van der Waals surface area contributed by atoms with Gasteiger partial charge in [0.05, 0.1) is 20.8 Å². The van der Waals surface area contributed by atoms with Crippen LogP contribution in [0.25, 0.3) is 11.4 Å². The summed E-state index contributed by atoms with van der Waals surface area (Å²) in [6, 6.07) is 12.4. The summed E-state index contributed by atoms with van der Waals surface area (Å²) in [5.74, 6) is 2.17. The summed E-state index contributed by atoms with van der Waals surface area (Å²) < 4.78 is 29.3. The Labute approximate surface area is 162 Å². The van der Waals surface area contributed by atoms with E-state index in [2.05, 4.69) is 21.1 Å². The molecule has 1 saturated heterocycles. The molecule has 1 aromatic heterocycles. The summed E-state index contributed by atoms with van der Waals surface area (Å²) in [6.45, 7) is 1.51. The van der Waals surface area contributed by atoms with Crippen molar-refractivity contribution in [1.29, 1.82) is 0 Å². The molecule has 0 unspecified atom stereocenters. The van der Waals surface area contributed by atoms with Gasteiger partial charge in [0.25, 0.3) is 0 Å². The average Bonchev–Trinajstić information content (AvgIpc) is 3.38. The molecule has 28 heavy (non-hydrogen) atoms. The van der Waals surface area contributed by atoms with Crippen molar-refractivity contribution in [3.63, 3.8) is 0 Å². The number of hydrogen-bond acceptors (Lipinski definition) is 6. The van der Waals surface area contributed by atoms with E-state index >= 15 is 0 Å². The Kier molecular flexibility index (Phi) is 5.25. The number of nitrogens with zero attached hydrogens (tertiary/aromatic N) is 3. The van der Waals surface area contributed by atoms with Crippen molar-refractivity contribution >= 4 is 0 Å². The zero-order valence-corrected chi connectivity index (χ0v) is 15.9. The molecular weight excluding hydrogens is 361 g/mol. The predicted molar refractivity (Wildman–Crippen MR) is 102 cm³/mol. The van der Waals surface area contributed by atoms with Gasteiger partial charge in [-0.1, -0.05) is 11.2 Å². The Morgan fingerprint density at radius 1 is 1.11 bits per heavy atom. The molecular formula is C21H22FN3O3. The van der Waals surface area contributed by atoms with E-state index in [-0.39, 0.29) is 11.9 Å². The molecule has 4 rings (SSSR count). The van der Waals surface area contributed by atoms with E-state index in [1.165, 1.54) is 17.7 Å². The van der Waals surface area contributed by atoms with E-state index < -0.39 is 0 Å². The van der Waals surface area contributed by atoms with Crippen LogP contribution in [-0.2, 0) is 6.54 Å². The first kappa shape index (κ1) is 18.4. The fourth-order valence-corrected chi connectivity index (χ4v) is 3.66. The Bertz CT molecular complexity index is 942. The van der Waals surface area contributed by atoms with Gasteiger partial charge in [-0.15, -0.1) is 0 Å². The fourth-order valence-electron chi connectivity index (χ4n) is 3.66. The molecule has 3 aromatic rings. The summed E-state index contributed by atoms with van der Waals surface area (Å²) in [6.07, 6.45) is 2.15. The predicted octanol–water partition coefficient (Wildman–Crippen LogP) is 4.23. The van der Waals surface area contributed by atoms with Crippen LogP contribution in [0.1, 0.15) is 30.3 Å². The monoisotopic (exact) mass is 383 g/mol. The lowest BCUT2D eigenvalue weighted by molar-refractivity contribution is 0.212. The van der Waals surface area contributed by atoms with Crippen molar-refractivity contribution in [1.82, 2.24) is 15.0 Å². The number of likely N-dealkylation sites (tertiary alicyclic amines) is 1. The van der Waals surface area contributed by atoms with Crippen LogP contribution in [0.5, 0.6) is 11.5 Å². The second kappa shape index (κ2) is 7.98. The summed E-state index contributed by atoms with van der Waals surface area (Å²) in [5.41, 5.74) is 1.91. The Morgan fingerprint density at radius 3 is 2.64 bits per heavy atom. The molecule has 0 N–H and O–H groups in total. The molecule has 0 bridgehead atoms. The molecule has 0 radical (unpaired) electrons. The zero-order valence-electron chi connectivity index (χ0n) is 15.9. The Balaban J connectivity index is 1.51. The summed E-state index contributed by atoms with van der Waals surface area (Å²) in [4.78, 5) is 6.80. The van der Waals surface area contributed by atoms with Crippen molar-refractivity contribution in [3.8, 4) is 22.9 Å².